The molecule has 0 bridgehead atoms. The zero-order valence-corrected chi connectivity index (χ0v) is 15.5. The quantitative estimate of drug-likeness (QED) is 0.829. The molecule has 0 aliphatic carbocycles. The molecule has 2 atom stereocenters. The predicted octanol–water partition coefficient (Wildman–Crippen LogP) is 2.59. The molecule has 0 spiro atoms. The van der Waals surface area contributed by atoms with Crippen molar-refractivity contribution in [2.75, 3.05) is 6.54 Å². The number of sulfone groups is 1. The molecule has 25 heavy (non-hydrogen) atoms. The number of nitrogens with two attached hydrogens (primary N) is 1. The normalized spacial score (nSPS) is 19.4. The van der Waals surface area contributed by atoms with E-state index in [0.717, 1.165) is 19.3 Å². The lowest BCUT2D eigenvalue weighted by Crippen LogP contribution is -2.51. The minimum Gasteiger partial charge on any atom is -0.334 e. The van der Waals surface area contributed by atoms with E-state index < -0.39 is 21.3 Å². The van der Waals surface area contributed by atoms with Crippen LogP contribution >= 0.6 is 12.4 Å². The second kappa shape index (κ2) is 8.91. The van der Waals surface area contributed by atoms with Crippen molar-refractivity contribution in [1.29, 1.82) is 0 Å². The molecule has 2 rings (SSSR count). The van der Waals surface area contributed by atoms with Crippen LogP contribution in [0.15, 0.2) is 24.3 Å². The summed E-state index contributed by atoms with van der Waals surface area (Å²) >= 11 is 0. The molecule has 0 aromatic heterocycles. The van der Waals surface area contributed by atoms with Gasteiger partial charge in [0.2, 0.25) is 9.84 Å². The van der Waals surface area contributed by atoms with E-state index in [2.05, 4.69) is 0 Å². The number of hydrogen-bond acceptors (Lipinski definition) is 4. The van der Waals surface area contributed by atoms with Gasteiger partial charge in [-0.2, -0.15) is 8.78 Å². The number of nitrogens with zero attached hydrogens (tertiary/aromatic N) is 1. The van der Waals surface area contributed by atoms with Crippen molar-refractivity contribution >= 4 is 28.2 Å². The first kappa shape index (κ1) is 21.8. The fraction of sp³-hybridized carbons (Fsp3) is 0.562. The average molecular weight is 397 g/mol. The third-order valence-electron chi connectivity index (χ3n) is 4.26. The van der Waals surface area contributed by atoms with Crippen LogP contribution < -0.4 is 5.73 Å². The van der Waals surface area contributed by atoms with E-state index >= 15 is 0 Å². The molecule has 142 valence electrons. The summed E-state index contributed by atoms with van der Waals surface area (Å²) in [6.45, 7) is 2.50. The van der Waals surface area contributed by atoms with Crippen molar-refractivity contribution in [1.82, 2.24) is 4.90 Å². The Kier molecular flexibility index (Phi) is 7.77. The summed E-state index contributed by atoms with van der Waals surface area (Å²) in [5, 5.41) is 0. The summed E-state index contributed by atoms with van der Waals surface area (Å²) in [5.74, 6) is -4.31. The van der Waals surface area contributed by atoms with Gasteiger partial charge in [-0.05, 0) is 43.9 Å². The predicted molar refractivity (Wildman–Crippen MR) is 94.6 cm³/mol. The van der Waals surface area contributed by atoms with Crippen LogP contribution in [0.5, 0.6) is 0 Å². The molecule has 5 nitrogen and oxygen atoms in total. The van der Waals surface area contributed by atoms with Gasteiger partial charge in [0.05, 0.1) is 5.75 Å². The number of carbonyl (C=O) groups is 1. The summed E-state index contributed by atoms with van der Waals surface area (Å²) in [6.07, 6.45) is 2.80. The van der Waals surface area contributed by atoms with Crippen LogP contribution in [0, 0.1) is 0 Å². The number of hydrogen-bond donors (Lipinski definition) is 1. The molecular weight excluding hydrogens is 374 g/mol. The first-order valence-electron chi connectivity index (χ1n) is 7.87. The lowest BCUT2D eigenvalue weighted by molar-refractivity contribution is 0.0584. The fourth-order valence-electron chi connectivity index (χ4n) is 2.96. The van der Waals surface area contributed by atoms with Crippen molar-refractivity contribution in [2.24, 2.45) is 5.73 Å². The molecule has 1 aromatic rings. The van der Waals surface area contributed by atoms with Gasteiger partial charge in [0, 0.05) is 24.2 Å². The maximum absolute atomic E-state index is 12.7. The van der Waals surface area contributed by atoms with Crippen LogP contribution in [0.25, 0.3) is 0 Å². The molecule has 2 unspecified atom stereocenters. The Hall–Kier alpha value is -1.25. The molecule has 1 amide bonds. The first-order valence-corrected chi connectivity index (χ1v) is 9.59. The monoisotopic (exact) mass is 396 g/mol. The van der Waals surface area contributed by atoms with Crippen LogP contribution in [0.2, 0.25) is 0 Å². The maximum Gasteiger partial charge on any atom is 0.337 e. The summed E-state index contributed by atoms with van der Waals surface area (Å²) in [5.41, 5.74) is 6.60. The van der Waals surface area contributed by atoms with Crippen molar-refractivity contribution in [3.63, 3.8) is 0 Å². The SMILES string of the molecule is CC(N)C1CCCCN1C(=O)c1ccc(CS(=O)(=O)C(F)F)cc1.Cl. The summed E-state index contributed by atoms with van der Waals surface area (Å²) < 4.78 is 47.3. The number of likely N-dealkylation sites (tertiary alicyclic amines) is 1. The third kappa shape index (κ3) is 5.36. The van der Waals surface area contributed by atoms with Gasteiger partial charge in [-0.1, -0.05) is 12.1 Å². The van der Waals surface area contributed by atoms with E-state index in [9.17, 15) is 22.0 Å². The minimum absolute atomic E-state index is 0. The highest BCUT2D eigenvalue weighted by Gasteiger charge is 2.30. The van der Waals surface area contributed by atoms with Gasteiger partial charge in [-0.25, -0.2) is 8.42 Å². The molecule has 9 heteroatoms. The van der Waals surface area contributed by atoms with Gasteiger partial charge < -0.3 is 10.6 Å². The maximum atomic E-state index is 12.7. The van der Waals surface area contributed by atoms with Crippen LogP contribution in [0.4, 0.5) is 8.78 Å². The van der Waals surface area contributed by atoms with Crippen LogP contribution in [0.3, 0.4) is 0 Å². The highest BCUT2D eigenvalue weighted by Crippen LogP contribution is 2.22. The van der Waals surface area contributed by atoms with E-state index in [4.69, 9.17) is 5.73 Å². The Bertz CT molecular complexity index is 681. The first-order chi connectivity index (χ1) is 11.2. The summed E-state index contributed by atoms with van der Waals surface area (Å²) in [7, 11) is -4.47. The number of alkyl halides is 2. The Morgan fingerprint density at radius 3 is 2.40 bits per heavy atom. The smallest absolute Gasteiger partial charge is 0.334 e. The number of halogens is 3. The van der Waals surface area contributed by atoms with Gasteiger partial charge in [-0.3, -0.25) is 4.79 Å². The Morgan fingerprint density at radius 1 is 1.28 bits per heavy atom. The van der Waals surface area contributed by atoms with Crippen molar-refractivity contribution in [2.45, 2.75) is 49.8 Å². The summed E-state index contributed by atoms with van der Waals surface area (Å²) in [4.78, 5) is 14.4. The molecule has 1 aromatic carbocycles. The number of rotatable bonds is 5. The van der Waals surface area contributed by atoms with Gasteiger partial charge >= 0.3 is 5.76 Å². The van der Waals surface area contributed by atoms with E-state index in [1.807, 2.05) is 6.92 Å². The Balaban J connectivity index is 0.00000312. The van der Waals surface area contributed by atoms with Crippen molar-refractivity contribution in [3.8, 4) is 0 Å². The van der Waals surface area contributed by atoms with Crippen LogP contribution in [-0.4, -0.2) is 43.6 Å². The number of piperidine rings is 1. The zero-order valence-electron chi connectivity index (χ0n) is 13.9. The van der Waals surface area contributed by atoms with Gasteiger partial charge in [0.15, 0.2) is 0 Å². The average Bonchev–Trinajstić information content (AvgIpc) is 2.54. The fourth-order valence-corrected chi connectivity index (χ4v) is 3.74. The van der Waals surface area contributed by atoms with Gasteiger partial charge in [-0.15, -0.1) is 12.4 Å². The van der Waals surface area contributed by atoms with E-state index in [1.54, 1.807) is 4.90 Å². The molecule has 1 aliphatic heterocycles. The summed E-state index contributed by atoms with van der Waals surface area (Å²) in [6, 6.07) is 5.60. The third-order valence-corrected chi connectivity index (χ3v) is 5.54. The Morgan fingerprint density at radius 2 is 1.88 bits per heavy atom. The number of amides is 1. The molecule has 1 heterocycles. The molecule has 2 N–H and O–H groups in total. The molecule has 0 radical (unpaired) electrons. The number of carbonyl (C=O) groups excluding carboxylic acids is 1. The standard InChI is InChI=1S/C16H22F2N2O3S.ClH/c1-11(19)14-4-2-3-9-20(14)15(21)13-7-5-12(6-8-13)10-24(22,23)16(17)18;/h5-8,11,14,16H,2-4,9-10,19H2,1H3;1H. The molecule has 1 saturated heterocycles. The molecule has 0 saturated carbocycles. The zero-order chi connectivity index (χ0) is 17.9. The van der Waals surface area contributed by atoms with Crippen molar-refractivity contribution in [3.05, 3.63) is 35.4 Å². The minimum atomic E-state index is -4.47. The number of benzene rings is 1. The van der Waals surface area contributed by atoms with Crippen LogP contribution in [-0.2, 0) is 15.6 Å². The van der Waals surface area contributed by atoms with Crippen molar-refractivity contribution < 1.29 is 22.0 Å². The molecular formula is C16H23ClF2N2O3S. The van der Waals surface area contributed by atoms with Gasteiger partial charge in [0.1, 0.15) is 0 Å². The van der Waals surface area contributed by atoms with Crippen LogP contribution in [0.1, 0.15) is 42.1 Å². The Labute approximate surface area is 152 Å². The highest BCUT2D eigenvalue weighted by molar-refractivity contribution is 7.90. The van der Waals surface area contributed by atoms with E-state index in [-0.39, 0.29) is 36.0 Å². The lowest BCUT2D eigenvalue weighted by atomic mass is 9.96. The second-order valence-corrected chi connectivity index (χ2v) is 8.16. The lowest BCUT2D eigenvalue weighted by Gasteiger charge is -2.38. The topological polar surface area (TPSA) is 80.5 Å². The molecule has 1 fully saturated rings. The largest absolute Gasteiger partial charge is 0.337 e. The van der Waals surface area contributed by atoms with Gasteiger partial charge in [0.25, 0.3) is 5.91 Å². The van der Waals surface area contributed by atoms with E-state index in [1.165, 1.54) is 24.3 Å². The molecule has 1 aliphatic rings. The highest BCUT2D eigenvalue weighted by atomic mass is 35.5. The second-order valence-electron chi connectivity index (χ2n) is 6.19. The van der Waals surface area contributed by atoms with E-state index in [0.29, 0.717) is 12.1 Å².